The molecule has 2 amide bonds. The molecule has 2 N–H and O–H groups in total. The van der Waals surface area contributed by atoms with Gasteiger partial charge in [0.25, 0.3) is 11.8 Å². The summed E-state index contributed by atoms with van der Waals surface area (Å²) in [4.78, 5) is 36.7. The molecule has 1 saturated carbocycles. The van der Waals surface area contributed by atoms with Crippen LogP contribution in [-0.4, -0.2) is 30.4 Å². The summed E-state index contributed by atoms with van der Waals surface area (Å²) >= 11 is 0. The molecule has 0 aliphatic heterocycles. The van der Waals surface area contributed by atoms with E-state index < -0.39 is 11.9 Å². The van der Waals surface area contributed by atoms with Crippen LogP contribution in [0.1, 0.15) is 53.5 Å². The first kappa shape index (κ1) is 19.7. The number of furan rings is 1. The first-order valence-electron chi connectivity index (χ1n) is 9.45. The van der Waals surface area contributed by atoms with Gasteiger partial charge in [-0.2, -0.15) is 0 Å². The molecule has 1 aromatic heterocycles. The zero-order valence-electron chi connectivity index (χ0n) is 15.8. The summed E-state index contributed by atoms with van der Waals surface area (Å²) in [5.41, 5.74) is 0.455. The zero-order valence-corrected chi connectivity index (χ0v) is 15.8. The number of benzene rings is 1. The lowest BCUT2D eigenvalue weighted by Crippen LogP contribution is -2.42. The van der Waals surface area contributed by atoms with Crippen LogP contribution in [0, 0.1) is 5.92 Å². The Morgan fingerprint density at radius 2 is 1.89 bits per heavy atom. The maximum absolute atomic E-state index is 12.4. The van der Waals surface area contributed by atoms with E-state index >= 15 is 0 Å². The SMILES string of the molecule is C[C@@H]1CCCC[C@H]1NC(=O)COC(=O)c1ccccc1NC(=O)c1ccco1. The number of hydrogen-bond donors (Lipinski definition) is 2. The number of ether oxygens (including phenoxy) is 1. The molecule has 1 fully saturated rings. The van der Waals surface area contributed by atoms with Crippen molar-refractivity contribution in [2.24, 2.45) is 5.92 Å². The van der Waals surface area contributed by atoms with Crippen LogP contribution in [0.4, 0.5) is 5.69 Å². The van der Waals surface area contributed by atoms with E-state index in [4.69, 9.17) is 9.15 Å². The van der Waals surface area contributed by atoms with E-state index in [-0.39, 0.29) is 35.6 Å². The molecule has 1 aliphatic rings. The van der Waals surface area contributed by atoms with Gasteiger partial charge in [0.1, 0.15) is 0 Å². The average Bonchev–Trinajstić information content (AvgIpc) is 3.23. The van der Waals surface area contributed by atoms with Crippen LogP contribution in [0.3, 0.4) is 0 Å². The van der Waals surface area contributed by atoms with E-state index in [1.54, 1.807) is 24.3 Å². The molecule has 0 radical (unpaired) electrons. The zero-order chi connectivity index (χ0) is 19.9. The summed E-state index contributed by atoms with van der Waals surface area (Å²) in [6.45, 7) is 1.76. The highest BCUT2D eigenvalue weighted by Crippen LogP contribution is 2.23. The molecule has 0 saturated heterocycles. The molecule has 7 nitrogen and oxygen atoms in total. The van der Waals surface area contributed by atoms with Crippen molar-refractivity contribution < 1.29 is 23.5 Å². The third-order valence-electron chi connectivity index (χ3n) is 4.93. The van der Waals surface area contributed by atoms with Gasteiger partial charge in [0.05, 0.1) is 17.5 Å². The van der Waals surface area contributed by atoms with Crippen LogP contribution in [0.25, 0.3) is 0 Å². The van der Waals surface area contributed by atoms with Gasteiger partial charge in [0, 0.05) is 6.04 Å². The van der Waals surface area contributed by atoms with Gasteiger partial charge in [-0.25, -0.2) is 4.79 Å². The van der Waals surface area contributed by atoms with E-state index in [2.05, 4.69) is 17.6 Å². The first-order valence-corrected chi connectivity index (χ1v) is 9.45. The van der Waals surface area contributed by atoms with Gasteiger partial charge >= 0.3 is 5.97 Å². The summed E-state index contributed by atoms with van der Waals surface area (Å²) in [5, 5.41) is 5.56. The van der Waals surface area contributed by atoms with Crippen molar-refractivity contribution in [1.29, 1.82) is 0 Å². The molecule has 1 aromatic carbocycles. The summed E-state index contributed by atoms with van der Waals surface area (Å²) < 4.78 is 10.2. The number of nitrogens with one attached hydrogen (secondary N) is 2. The lowest BCUT2D eigenvalue weighted by atomic mass is 9.86. The summed E-state index contributed by atoms with van der Waals surface area (Å²) in [5.74, 6) is -0.921. The van der Waals surface area contributed by atoms with E-state index in [0.29, 0.717) is 5.92 Å². The van der Waals surface area contributed by atoms with Crippen molar-refractivity contribution >= 4 is 23.5 Å². The second-order valence-corrected chi connectivity index (χ2v) is 6.99. The Balaban J connectivity index is 1.57. The Bertz CT molecular complexity index is 831. The van der Waals surface area contributed by atoms with Gasteiger partial charge in [-0.05, 0) is 43.0 Å². The second-order valence-electron chi connectivity index (χ2n) is 6.99. The van der Waals surface area contributed by atoms with Gasteiger partial charge in [-0.1, -0.05) is 31.9 Å². The quantitative estimate of drug-likeness (QED) is 0.744. The molecule has 7 heteroatoms. The third-order valence-corrected chi connectivity index (χ3v) is 4.93. The highest BCUT2D eigenvalue weighted by molar-refractivity contribution is 6.06. The molecule has 148 valence electrons. The highest BCUT2D eigenvalue weighted by Gasteiger charge is 2.23. The Hall–Kier alpha value is -3.09. The molecular weight excluding hydrogens is 360 g/mol. The molecule has 28 heavy (non-hydrogen) atoms. The average molecular weight is 384 g/mol. The molecule has 2 aromatic rings. The summed E-state index contributed by atoms with van der Waals surface area (Å²) in [6.07, 6.45) is 5.71. The molecule has 0 bridgehead atoms. The third kappa shape index (κ3) is 5.00. The molecule has 3 rings (SSSR count). The molecule has 1 aliphatic carbocycles. The molecule has 1 heterocycles. The molecule has 2 atom stereocenters. The van der Waals surface area contributed by atoms with Crippen molar-refractivity contribution in [2.45, 2.75) is 38.6 Å². The second kappa shape index (κ2) is 9.21. The number of esters is 1. The number of hydrogen-bond acceptors (Lipinski definition) is 5. The number of anilines is 1. The van der Waals surface area contributed by atoms with Gasteiger partial charge < -0.3 is 19.8 Å². The summed E-state index contributed by atoms with van der Waals surface area (Å²) in [7, 11) is 0. The van der Waals surface area contributed by atoms with Crippen LogP contribution >= 0.6 is 0 Å². The Kier molecular flexibility index (Phi) is 6.47. The maximum atomic E-state index is 12.4. The van der Waals surface area contributed by atoms with E-state index in [1.807, 2.05) is 0 Å². The van der Waals surface area contributed by atoms with E-state index in [0.717, 1.165) is 19.3 Å². The lowest BCUT2D eigenvalue weighted by molar-refractivity contribution is -0.125. The Morgan fingerprint density at radius 3 is 2.64 bits per heavy atom. The van der Waals surface area contributed by atoms with Crippen LogP contribution in [0.2, 0.25) is 0 Å². The fourth-order valence-corrected chi connectivity index (χ4v) is 3.35. The number of para-hydroxylation sites is 1. The predicted octanol–water partition coefficient (Wildman–Crippen LogP) is 3.38. The van der Waals surface area contributed by atoms with Crippen molar-refractivity contribution in [3.05, 3.63) is 54.0 Å². The van der Waals surface area contributed by atoms with Gasteiger partial charge in [0.15, 0.2) is 12.4 Å². The van der Waals surface area contributed by atoms with Crippen LogP contribution < -0.4 is 10.6 Å². The number of amides is 2. The van der Waals surface area contributed by atoms with Crippen molar-refractivity contribution in [3.8, 4) is 0 Å². The molecular formula is C21H24N2O5. The normalized spacial score (nSPS) is 18.9. The summed E-state index contributed by atoms with van der Waals surface area (Å²) in [6, 6.07) is 9.70. The predicted molar refractivity (Wildman–Crippen MR) is 103 cm³/mol. The van der Waals surface area contributed by atoms with Crippen LogP contribution in [0.5, 0.6) is 0 Å². The monoisotopic (exact) mass is 384 g/mol. The van der Waals surface area contributed by atoms with Gasteiger partial charge in [-0.3, -0.25) is 9.59 Å². The van der Waals surface area contributed by atoms with Crippen molar-refractivity contribution in [3.63, 3.8) is 0 Å². The highest BCUT2D eigenvalue weighted by atomic mass is 16.5. The lowest BCUT2D eigenvalue weighted by Gasteiger charge is -2.29. The van der Waals surface area contributed by atoms with E-state index in [9.17, 15) is 14.4 Å². The van der Waals surface area contributed by atoms with Crippen LogP contribution in [0.15, 0.2) is 47.1 Å². The number of rotatable bonds is 6. The fraction of sp³-hybridized carbons (Fsp3) is 0.381. The van der Waals surface area contributed by atoms with Crippen molar-refractivity contribution in [1.82, 2.24) is 5.32 Å². The van der Waals surface area contributed by atoms with E-state index in [1.165, 1.54) is 24.8 Å². The first-order chi connectivity index (χ1) is 13.5. The van der Waals surface area contributed by atoms with Crippen LogP contribution in [-0.2, 0) is 9.53 Å². The Morgan fingerprint density at radius 1 is 1.11 bits per heavy atom. The van der Waals surface area contributed by atoms with Crippen molar-refractivity contribution in [2.75, 3.05) is 11.9 Å². The minimum absolute atomic E-state index is 0.125. The van der Waals surface area contributed by atoms with Gasteiger partial charge in [0.2, 0.25) is 0 Å². The number of carbonyl (C=O) groups excluding carboxylic acids is 3. The maximum Gasteiger partial charge on any atom is 0.340 e. The standard InChI is InChI=1S/C21H24N2O5/c1-14-7-2-4-9-16(14)22-19(24)13-28-21(26)15-8-3-5-10-17(15)23-20(25)18-11-6-12-27-18/h3,5-6,8,10-12,14,16H,2,4,7,9,13H2,1H3,(H,22,24)(H,23,25)/t14-,16-/m1/s1. The smallest absolute Gasteiger partial charge is 0.340 e. The largest absolute Gasteiger partial charge is 0.459 e. The topological polar surface area (TPSA) is 97.6 Å². The fourth-order valence-electron chi connectivity index (χ4n) is 3.35. The molecule has 0 unspecified atom stereocenters. The Labute approximate surface area is 163 Å². The number of carbonyl (C=O) groups is 3. The minimum Gasteiger partial charge on any atom is -0.459 e. The van der Waals surface area contributed by atoms with Gasteiger partial charge in [-0.15, -0.1) is 0 Å². The minimum atomic E-state index is -0.679. The molecule has 0 spiro atoms.